The molecule has 4 rings (SSSR count). The molecule has 27 heavy (non-hydrogen) atoms. The summed E-state index contributed by atoms with van der Waals surface area (Å²) in [5.74, 6) is 0.0890. The lowest BCUT2D eigenvalue weighted by molar-refractivity contribution is 0.0746. The third-order valence-corrected chi connectivity index (χ3v) is 5.04. The highest BCUT2D eigenvalue weighted by molar-refractivity contribution is 5.95. The second-order valence-electron chi connectivity index (χ2n) is 7.00. The molecular weight excluding hydrogens is 336 g/mol. The van der Waals surface area contributed by atoms with Crippen molar-refractivity contribution in [3.63, 3.8) is 0 Å². The fourth-order valence-corrected chi connectivity index (χ4v) is 3.65. The molecule has 2 heterocycles. The Hall–Kier alpha value is -3.08. The number of hydrogen-bond donors (Lipinski definition) is 0. The predicted molar refractivity (Wildman–Crippen MR) is 108 cm³/mol. The fourth-order valence-electron chi connectivity index (χ4n) is 3.65. The van der Waals surface area contributed by atoms with Crippen LogP contribution in [0.15, 0.2) is 60.7 Å². The Labute approximate surface area is 159 Å². The largest absolute Gasteiger partial charge is 0.368 e. The van der Waals surface area contributed by atoms with Crippen LogP contribution < -0.4 is 4.90 Å². The molecule has 1 aromatic heterocycles. The van der Waals surface area contributed by atoms with Gasteiger partial charge in [-0.25, -0.2) is 4.68 Å². The average Bonchev–Trinajstić information content (AvgIpc) is 3.06. The van der Waals surface area contributed by atoms with Gasteiger partial charge in [-0.15, -0.1) is 0 Å². The first-order chi connectivity index (χ1) is 13.1. The van der Waals surface area contributed by atoms with Crippen molar-refractivity contribution in [1.29, 1.82) is 0 Å². The molecular formula is C22H24N4O. The highest BCUT2D eigenvalue weighted by Crippen LogP contribution is 2.18. The monoisotopic (exact) mass is 360 g/mol. The first kappa shape index (κ1) is 17.3. The molecule has 5 heteroatoms. The number of aryl methyl sites for hydroxylation is 2. The van der Waals surface area contributed by atoms with E-state index >= 15 is 0 Å². The van der Waals surface area contributed by atoms with Crippen molar-refractivity contribution in [2.45, 2.75) is 13.8 Å². The van der Waals surface area contributed by atoms with Crippen molar-refractivity contribution >= 4 is 11.6 Å². The van der Waals surface area contributed by atoms with E-state index in [-0.39, 0.29) is 5.91 Å². The van der Waals surface area contributed by atoms with Gasteiger partial charge in [0, 0.05) is 43.1 Å². The Bertz CT molecular complexity index is 940. The molecule has 2 aromatic carbocycles. The highest BCUT2D eigenvalue weighted by Gasteiger charge is 2.22. The summed E-state index contributed by atoms with van der Waals surface area (Å²) in [7, 11) is 0. The number of piperazine rings is 1. The zero-order valence-electron chi connectivity index (χ0n) is 15.8. The van der Waals surface area contributed by atoms with Gasteiger partial charge in [-0.3, -0.25) is 4.79 Å². The van der Waals surface area contributed by atoms with Crippen molar-refractivity contribution in [1.82, 2.24) is 14.7 Å². The van der Waals surface area contributed by atoms with E-state index in [1.807, 2.05) is 59.8 Å². The Kier molecular flexibility index (Phi) is 4.67. The van der Waals surface area contributed by atoms with Crippen LogP contribution in [-0.4, -0.2) is 46.8 Å². The van der Waals surface area contributed by atoms with E-state index in [1.54, 1.807) is 0 Å². The van der Waals surface area contributed by atoms with Gasteiger partial charge in [-0.2, -0.15) is 5.10 Å². The Balaban J connectivity index is 1.48. The van der Waals surface area contributed by atoms with Crippen LogP contribution in [0.3, 0.4) is 0 Å². The molecule has 0 atom stereocenters. The van der Waals surface area contributed by atoms with E-state index in [1.165, 1.54) is 5.69 Å². The SMILES string of the molecule is Cc1cc(C)n(-c2cccc(C(=O)N3CCN(c4ccccc4)CC3)c2)n1. The van der Waals surface area contributed by atoms with Crippen LogP contribution in [0, 0.1) is 13.8 Å². The maximum absolute atomic E-state index is 13.0. The topological polar surface area (TPSA) is 41.4 Å². The zero-order chi connectivity index (χ0) is 18.8. The van der Waals surface area contributed by atoms with Gasteiger partial charge in [0.05, 0.1) is 11.4 Å². The normalized spacial score (nSPS) is 14.4. The smallest absolute Gasteiger partial charge is 0.254 e. The van der Waals surface area contributed by atoms with Gasteiger partial charge in [-0.05, 0) is 50.2 Å². The summed E-state index contributed by atoms with van der Waals surface area (Å²) in [5, 5.41) is 4.52. The number of carbonyl (C=O) groups is 1. The predicted octanol–water partition coefficient (Wildman–Crippen LogP) is 3.45. The second-order valence-corrected chi connectivity index (χ2v) is 7.00. The number of anilines is 1. The van der Waals surface area contributed by atoms with E-state index in [2.05, 4.69) is 34.3 Å². The zero-order valence-corrected chi connectivity index (χ0v) is 15.8. The molecule has 1 fully saturated rings. The van der Waals surface area contributed by atoms with Crippen LogP contribution in [0.1, 0.15) is 21.7 Å². The van der Waals surface area contributed by atoms with Crippen molar-refractivity contribution < 1.29 is 4.79 Å². The van der Waals surface area contributed by atoms with Crippen molar-refractivity contribution in [3.8, 4) is 5.69 Å². The van der Waals surface area contributed by atoms with E-state index in [0.29, 0.717) is 5.56 Å². The summed E-state index contributed by atoms with van der Waals surface area (Å²) in [6.07, 6.45) is 0. The van der Waals surface area contributed by atoms with E-state index in [0.717, 1.165) is 43.3 Å². The van der Waals surface area contributed by atoms with Gasteiger partial charge in [0.25, 0.3) is 5.91 Å². The third-order valence-electron chi connectivity index (χ3n) is 5.04. The number of amides is 1. The van der Waals surface area contributed by atoms with Crippen molar-refractivity contribution in [2.24, 2.45) is 0 Å². The summed E-state index contributed by atoms with van der Waals surface area (Å²) in [6.45, 7) is 7.18. The number of nitrogens with zero attached hydrogens (tertiary/aromatic N) is 4. The number of hydrogen-bond acceptors (Lipinski definition) is 3. The molecule has 1 aliphatic heterocycles. The van der Waals surface area contributed by atoms with Crippen LogP contribution >= 0.6 is 0 Å². The van der Waals surface area contributed by atoms with Gasteiger partial charge in [-0.1, -0.05) is 24.3 Å². The standard InChI is InChI=1S/C22H24N4O/c1-17-15-18(2)26(23-17)21-10-6-7-19(16-21)22(27)25-13-11-24(12-14-25)20-8-4-3-5-9-20/h3-10,15-16H,11-14H2,1-2H3. The van der Waals surface area contributed by atoms with Crippen LogP contribution in [0.5, 0.6) is 0 Å². The Morgan fingerprint density at radius 2 is 1.56 bits per heavy atom. The molecule has 0 bridgehead atoms. The van der Waals surface area contributed by atoms with Gasteiger partial charge in [0.15, 0.2) is 0 Å². The molecule has 1 amide bonds. The molecule has 5 nitrogen and oxygen atoms in total. The van der Waals surface area contributed by atoms with Crippen molar-refractivity contribution in [3.05, 3.63) is 77.6 Å². The molecule has 0 radical (unpaired) electrons. The highest BCUT2D eigenvalue weighted by atomic mass is 16.2. The summed E-state index contributed by atoms with van der Waals surface area (Å²) < 4.78 is 1.89. The second kappa shape index (κ2) is 7.27. The molecule has 0 saturated carbocycles. The van der Waals surface area contributed by atoms with Gasteiger partial charge in [0.1, 0.15) is 0 Å². The third kappa shape index (κ3) is 3.58. The number of rotatable bonds is 3. The van der Waals surface area contributed by atoms with Gasteiger partial charge >= 0.3 is 0 Å². The van der Waals surface area contributed by atoms with E-state index in [4.69, 9.17) is 0 Å². The van der Waals surface area contributed by atoms with Crippen LogP contribution in [0.25, 0.3) is 5.69 Å². The van der Waals surface area contributed by atoms with E-state index in [9.17, 15) is 4.79 Å². The maximum atomic E-state index is 13.0. The Morgan fingerprint density at radius 3 is 2.22 bits per heavy atom. The quantitative estimate of drug-likeness (QED) is 0.718. The first-order valence-electron chi connectivity index (χ1n) is 9.35. The van der Waals surface area contributed by atoms with Gasteiger partial charge in [0.2, 0.25) is 0 Å². The molecule has 1 saturated heterocycles. The molecule has 1 aliphatic rings. The van der Waals surface area contributed by atoms with Crippen LogP contribution in [-0.2, 0) is 0 Å². The molecule has 0 aliphatic carbocycles. The molecule has 3 aromatic rings. The number of para-hydroxylation sites is 1. The summed E-state index contributed by atoms with van der Waals surface area (Å²) in [4.78, 5) is 17.3. The molecule has 0 N–H and O–H groups in total. The summed E-state index contributed by atoms with van der Waals surface area (Å²) in [6, 6.07) is 20.2. The summed E-state index contributed by atoms with van der Waals surface area (Å²) >= 11 is 0. The lowest BCUT2D eigenvalue weighted by Gasteiger charge is -2.36. The van der Waals surface area contributed by atoms with E-state index < -0.39 is 0 Å². The average molecular weight is 360 g/mol. The minimum absolute atomic E-state index is 0.0890. The van der Waals surface area contributed by atoms with Gasteiger partial charge < -0.3 is 9.80 Å². The number of carbonyl (C=O) groups excluding carboxylic acids is 1. The fraction of sp³-hybridized carbons (Fsp3) is 0.273. The molecule has 0 unspecified atom stereocenters. The molecule has 0 spiro atoms. The maximum Gasteiger partial charge on any atom is 0.254 e. The number of aromatic nitrogens is 2. The first-order valence-corrected chi connectivity index (χ1v) is 9.35. The van der Waals surface area contributed by atoms with Crippen LogP contribution in [0.4, 0.5) is 5.69 Å². The number of benzene rings is 2. The van der Waals surface area contributed by atoms with Crippen LogP contribution in [0.2, 0.25) is 0 Å². The lowest BCUT2D eigenvalue weighted by Crippen LogP contribution is -2.48. The minimum Gasteiger partial charge on any atom is -0.368 e. The lowest BCUT2D eigenvalue weighted by atomic mass is 10.1. The summed E-state index contributed by atoms with van der Waals surface area (Å²) in [5.41, 5.74) is 4.90. The Morgan fingerprint density at radius 1 is 0.852 bits per heavy atom. The van der Waals surface area contributed by atoms with Crippen molar-refractivity contribution in [2.75, 3.05) is 31.1 Å². The molecule has 138 valence electrons. The minimum atomic E-state index is 0.0890.